The second kappa shape index (κ2) is 7.36. The molecule has 23 heavy (non-hydrogen) atoms. The molecule has 0 aliphatic carbocycles. The number of hydrogen-bond donors (Lipinski definition) is 3. The van der Waals surface area contributed by atoms with Crippen LogP contribution in [0.2, 0.25) is 0 Å². The molecule has 0 atom stereocenters. The van der Waals surface area contributed by atoms with Crippen LogP contribution in [-0.4, -0.2) is 21.7 Å². The van der Waals surface area contributed by atoms with Crippen molar-refractivity contribution in [2.75, 3.05) is 0 Å². The first-order valence-electron chi connectivity index (χ1n) is 6.32. The van der Waals surface area contributed by atoms with Crippen molar-refractivity contribution >= 4 is 39.5 Å². The number of carbonyl (C=O) groups excluding carboxylic acids is 2. The van der Waals surface area contributed by atoms with E-state index < -0.39 is 16.7 Å². The molecule has 1 aromatic carbocycles. The van der Waals surface area contributed by atoms with E-state index in [2.05, 4.69) is 31.8 Å². The van der Waals surface area contributed by atoms with Crippen LogP contribution in [0.4, 0.5) is 5.69 Å². The number of nitrogens with one attached hydrogen (secondary N) is 3. The van der Waals surface area contributed by atoms with E-state index in [4.69, 9.17) is 0 Å². The highest BCUT2D eigenvalue weighted by atomic mass is 79.9. The van der Waals surface area contributed by atoms with Crippen molar-refractivity contribution < 1.29 is 14.5 Å². The van der Waals surface area contributed by atoms with Crippen LogP contribution in [0.25, 0.3) is 6.08 Å². The first-order chi connectivity index (χ1) is 11.0. The number of non-ortho nitro benzene ring substituents is 1. The van der Waals surface area contributed by atoms with Crippen LogP contribution < -0.4 is 10.9 Å². The Morgan fingerprint density at radius 2 is 1.91 bits per heavy atom. The van der Waals surface area contributed by atoms with Crippen molar-refractivity contribution in [2.45, 2.75) is 0 Å². The van der Waals surface area contributed by atoms with Crippen LogP contribution in [-0.2, 0) is 4.79 Å². The van der Waals surface area contributed by atoms with Gasteiger partial charge in [-0.2, -0.15) is 0 Å². The maximum atomic E-state index is 11.7. The van der Waals surface area contributed by atoms with Gasteiger partial charge in [-0.15, -0.1) is 0 Å². The number of aromatic nitrogens is 1. The number of nitro benzene ring substituents is 1. The topological polar surface area (TPSA) is 117 Å². The molecule has 0 unspecified atom stereocenters. The number of carbonyl (C=O) groups is 2. The molecular formula is C14H11BrN4O4. The second-order valence-corrected chi connectivity index (χ2v) is 5.27. The van der Waals surface area contributed by atoms with Crippen LogP contribution in [0.5, 0.6) is 0 Å². The average Bonchev–Trinajstić information content (AvgIpc) is 2.97. The Balaban J connectivity index is 1.86. The average molecular weight is 379 g/mol. The lowest BCUT2D eigenvalue weighted by Crippen LogP contribution is -2.40. The molecule has 2 rings (SSSR count). The molecule has 9 heteroatoms. The summed E-state index contributed by atoms with van der Waals surface area (Å²) >= 11 is 3.19. The predicted octanol–water partition coefficient (Wildman–Crippen LogP) is 2.16. The summed E-state index contributed by atoms with van der Waals surface area (Å²) in [6.45, 7) is 0. The minimum Gasteiger partial charge on any atom is -0.356 e. The summed E-state index contributed by atoms with van der Waals surface area (Å²) in [5, 5.41) is 10.5. The van der Waals surface area contributed by atoms with Crippen molar-refractivity contribution in [2.24, 2.45) is 0 Å². The predicted molar refractivity (Wildman–Crippen MR) is 86.2 cm³/mol. The monoisotopic (exact) mass is 378 g/mol. The summed E-state index contributed by atoms with van der Waals surface area (Å²) in [4.78, 5) is 36.0. The minimum atomic E-state index is -0.540. The Bertz CT molecular complexity index is 767. The van der Waals surface area contributed by atoms with Crippen molar-refractivity contribution in [3.8, 4) is 0 Å². The highest BCUT2D eigenvalue weighted by Gasteiger charge is 2.08. The van der Waals surface area contributed by atoms with E-state index in [0.717, 1.165) is 0 Å². The molecule has 3 N–H and O–H groups in total. The van der Waals surface area contributed by atoms with Crippen molar-refractivity contribution in [3.05, 3.63) is 68.4 Å². The van der Waals surface area contributed by atoms with Gasteiger partial charge in [-0.3, -0.25) is 30.6 Å². The Labute approximate surface area is 138 Å². The summed E-state index contributed by atoms with van der Waals surface area (Å²) in [6, 6.07) is 7.26. The molecule has 0 aliphatic heterocycles. The van der Waals surface area contributed by atoms with Gasteiger partial charge in [0.05, 0.1) is 4.92 Å². The molecule has 0 saturated carbocycles. The van der Waals surface area contributed by atoms with Crippen molar-refractivity contribution in [3.63, 3.8) is 0 Å². The molecule has 1 heterocycles. The Hall–Kier alpha value is -2.94. The SMILES string of the molecule is O=C(/C=C/c1ccc([N+](=O)[O-])cc1)NNC(=O)c1cc(Br)c[nH]1. The van der Waals surface area contributed by atoms with Crippen LogP contribution in [0.1, 0.15) is 16.1 Å². The van der Waals surface area contributed by atoms with E-state index in [-0.39, 0.29) is 11.4 Å². The van der Waals surface area contributed by atoms with Gasteiger partial charge in [-0.1, -0.05) is 0 Å². The third-order valence-electron chi connectivity index (χ3n) is 2.72. The standard InChI is InChI=1S/C14H11BrN4O4/c15-10-7-12(16-8-10)14(21)18-17-13(20)6-3-9-1-4-11(5-2-9)19(22)23/h1-8,16H,(H,17,20)(H,18,21)/b6-3+. The third-order valence-corrected chi connectivity index (χ3v) is 3.18. The van der Waals surface area contributed by atoms with Gasteiger partial charge in [0.25, 0.3) is 17.5 Å². The fourth-order valence-corrected chi connectivity index (χ4v) is 1.95. The number of hydrazine groups is 1. The van der Waals surface area contributed by atoms with Crippen LogP contribution in [0, 0.1) is 10.1 Å². The zero-order valence-electron chi connectivity index (χ0n) is 11.6. The zero-order valence-corrected chi connectivity index (χ0v) is 13.2. The van der Waals surface area contributed by atoms with Crippen LogP contribution in [0.3, 0.4) is 0 Å². The van der Waals surface area contributed by atoms with Gasteiger partial charge >= 0.3 is 0 Å². The van der Waals surface area contributed by atoms with Gasteiger partial charge < -0.3 is 4.98 Å². The summed E-state index contributed by atoms with van der Waals surface area (Å²) < 4.78 is 0.715. The molecule has 0 bridgehead atoms. The molecule has 118 valence electrons. The lowest BCUT2D eigenvalue weighted by molar-refractivity contribution is -0.384. The number of rotatable bonds is 4. The molecule has 0 radical (unpaired) electrons. The van der Waals surface area contributed by atoms with E-state index >= 15 is 0 Å². The van der Waals surface area contributed by atoms with Crippen LogP contribution >= 0.6 is 15.9 Å². The Morgan fingerprint density at radius 3 is 2.48 bits per heavy atom. The van der Waals surface area contributed by atoms with E-state index in [1.54, 1.807) is 12.3 Å². The molecule has 0 saturated heterocycles. The molecule has 2 aromatic rings. The lowest BCUT2D eigenvalue weighted by atomic mass is 10.2. The molecule has 8 nitrogen and oxygen atoms in total. The van der Waals surface area contributed by atoms with E-state index in [0.29, 0.717) is 10.0 Å². The molecule has 0 aliphatic rings. The van der Waals surface area contributed by atoms with Crippen molar-refractivity contribution in [1.82, 2.24) is 15.8 Å². The summed E-state index contributed by atoms with van der Waals surface area (Å²) in [7, 11) is 0. The number of nitrogens with zero attached hydrogens (tertiary/aromatic N) is 1. The second-order valence-electron chi connectivity index (χ2n) is 4.36. The van der Waals surface area contributed by atoms with E-state index in [1.165, 1.54) is 36.4 Å². The van der Waals surface area contributed by atoms with Gasteiger partial charge in [-0.25, -0.2) is 0 Å². The lowest BCUT2D eigenvalue weighted by Gasteiger charge is -2.03. The van der Waals surface area contributed by atoms with Gasteiger partial charge in [0, 0.05) is 28.9 Å². The fourth-order valence-electron chi connectivity index (χ4n) is 1.61. The van der Waals surface area contributed by atoms with Crippen LogP contribution in [0.15, 0.2) is 47.1 Å². The zero-order chi connectivity index (χ0) is 16.8. The minimum absolute atomic E-state index is 0.0315. The third kappa shape index (κ3) is 4.78. The molecule has 2 amide bonds. The van der Waals surface area contributed by atoms with Gasteiger partial charge in [0.1, 0.15) is 5.69 Å². The number of H-pyrrole nitrogens is 1. The summed E-state index contributed by atoms with van der Waals surface area (Å²) in [5.41, 5.74) is 5.34. The highest BCUT2D eigenvalue weighted by Crippen LogP contribution is 2.12. The number of benzene rings is 1. The molecule has 0 spiro atoms. The largest absolute Gasteiger partial charge is 0.356 e. The van der Waals surface area contributed by atoms with E-state index in [1.807, 2.05) is 0 Å². The number of aromatic amines is 1. The number of amides is 2. The summed E-state index contributed by atoms with van der Waals surface area (Å²) in [5.74, 6) is -1.03. The first-order valence-corrected chi connectivity index (χ1v) is 7.12. The molecular weight excluding hydrogens is 368 g/mol. The fraction of sp³-hybridized carbons (Fsp3) is 0. The number of hydrogen-bond acceptors (Lipinski definition) is 4. The smallest absolute Gasteiger partial charge is 0.286 e. The number of halogens is 1. The van der Waals surface area contributed by atoms with Gasteiger partial charge in [0.15, 0.2) is 0 Å². The number of nitro groups is 1. The maximum absolute atomic E-state index is 11.7. The Morgan fingerprint density at radius 1 is 1.22 bits per heavy atom. The first kappa shape index (κ1) is 16.4. The van der Waals surface area contributed by atoms with Crippen molar-refractivity contribution in [1.29, 1.82) is 0 Å². The Kier molecular flexibility index (Phi) is 5.26. The molecule has 1 aromatic heterocycles. The van der Waals surface area contributed by atoms with Gasteiger partial charge in [0.2, 0.25) is 0 Å². The summed E-state index contributed by atoms with van der Waals surface area (Å²) in [6.07, 6.45) is 4.26. The highest BCUT2D eigenvalue weighted by molar-refractivity contribution is 9.10. The van der Waals surface area contributed by atoms with E-state index in [9.17, 15) is 19.7 Å². The molecule has 0 fully saturated rings. The maximum Gasteiger partial charge on any atom is 0.286 e. The normalized spacial score (nSPS) is 10.5. The quantitative estimate of drug-likeness (QED) is 0.429. The van der Waals surface area contributed by atoms with Gasteiger partial charge in [-0.05, 0) is 45.8 Å².